The molecule has 3 heterocycles. The Kier molecular flexibility index (Phi) is 5.36. The number of rotatable bonds is 1. The molecule has 5 atom stereocenters. The van der Waals surface area contributed by atoms with Crippen LogP contribution in [-0.4, -0.2) is 44.7 Å². The normalized spacial score (nSPS) is 26.9. The van der Waals surface area contributed by atoms with Gasteiger partial charge in [0.2, 0.25) is 0 Å². The number of benzene rings is 2. The number of nitrogens with zero attached hydrogens (tertiary/aromatic N) is 1. The Hall–Kier alpha value is -2.03. The molecule has 1 aliphatic heterocycles. The van der Waals surface area contributed by atoms with E-state index in [4.69, 9.17) is 4.74 Å². The molecule has 0 saturated carbocycles. The number of hydrogen-bond acceptors (Lipinski definition) is 4. The molecule has 4 aromatic rings. The summed E-state index contributed by atoms with van der Waals surface area (Å²) in [6.07, 6.45) is -1.13. The Morgan fingerprint density at radius 1 is 0.900 bits per heavy atom. The molecule has 158 valence electrons. The Balaban J connectivity index is 0.00000218. The first kappa shape index (κ1) is 21.2. The summed E-state index contributed by atoms with van der Waals surface area (Å²) >= 11 is 0. The number of aryl methyl sites for hydroxylation is 2. The standard InChI is InChI=1S/C23H24N2O4.BrH/c1-11-16-10-25(23-22(28)21(27)20(26)13(3)29-23)9-8-14(16)12(2)19-18(11)15-6-4-5-7-17(15)24-19;/h4-10,13,20-23,26-28H,1-3H3;1H/t13-,20+,21+,22-,23-;/m1./s1. The lowest BCUT2D eigenvalue weighted by molar-refractivity contribution is -0.776. The van der Waals surface area contributed by atoms with Gasteiger partial charge in [0.25, 0.3) is 6.23 Å². The van der Waals surface area contributed by atoms with Crippen LogP contribution in [0.1, 0.15) is 24.3 Å². The number of para-hydroxylation sites is 1. The van der Waals surface area contributed by atoms with Gasteiger partial charge in [-0.15, -0.1) is 0 Å². The number of ether oxygens (including phenoxy) is 1. The zero-order valence-electron chi connectivity index (χ0n) is 17.0. The number of halogens is 1. The summed E-state index contributed by atoms with van der Waals surface area (Å²) in [6, 6.07) is 10.3. The first-order valence-corrected chi connectivity index (χ1v) is 9.92. The second-order valence-corrected chi connectivity index (χ2v) is 8.09. The maximum absolute atomic E-state index is 10.5. The zero-order valence-corrected chi connectivity index (χ0v) is 18.6. The van der Waals surface area contributed by atoms with E-state index in [-0.39, 0.29) is 17.0 Å². The molecule has 1 aliphatic rings. The number of H-pyrrole nitrogens is 1. The van der Waals surface area contributed by atoms with Crippen LogP contribution in [0, 0.1) is 13.8 Å². The second kappa shape index (κ2) is 7.59. The number of pyridine rings is 1. The van der Waals surface area contributed by atoms with E-state index >= 15 is 0 Å². The van der Waals surface area contributed by atoms with Crippen LogP contribution in [0.2, 0.25) is 0 Å². The summed E-state index contributed by atoms with van der Waals surface area (Å²) in [4.78, 5) is 3.55. The van der Waals surface area contributed by atoms with Crippen molar-refractivity contribution in [1.29, 1.82) is 0 Å². The highest BCUT2D eigenvalue weighted by Gasteiger charge is 2.46. The van der Waals surface area contributed by atoms with E-state index < -0.39 is 30.6 Å². The molecule has 7 heteroatoms. The highest BCUT2D eigenvalue weighted by molar-refractivity contribution is 6.16. The van der Waals surface area contributed by atoms with Gasteiger partial charge < -0.3 is 42.0 Å². The van der Waals surface area contributed by atoms with E-state index in [9.17, 15) is 15.3 Å². The first-order chi connectivity index (χ1) is 13.9. The highest BCUT2D eigenvalue weighted by Crippen LogP contribution is 2.36. The molecule has 6 nitrogen and oxygen atoms in total. The van der Waals surface area contributed by atoms with Crippen molar-refractivity contribution >= 4 is 32.6 Å². The van der Waals surface area contributed by atoms with Crippen LogP contribution in [0.25, 0.3) is 32.6 Å². The minimum Gasteiger partial charge on any atom is -1.00 e. The van der Waals surface area contributed by atoms with Gasteiger partial charge in [-0.2, -0.15) is 4.57 Å². The molecule has 2 aromatic heterocycles. The Bertz CT molecular complexity index is 1250. The first-order valence-electron chi connectivity index (χ1n) is 9.92. The summed E-state index contributed by atoms with van der Waals surface area (Å²) in [5, 5.41) is 35.2. The molecule has 1 saturated heterocycles. The molecule has 0 radical (unpaired) electrons. The van der Waals surface area contributed by atoms with Crippen molar-refractivity contribution in [3.05, 3.63) is 53.9 Å². The maximum Gasteiger partial charge on any atom is 0.291 e. The number of aliphatic hydroxyl groups excluding tert-OH is 3. The third-order valence-corrected chi connectivity index (χ3v) is 6.37. The Morgan fingerprint density at radius 3 is 2.40 bits per heavy atom. The van der Waals surface area contributed by atoms with Gasteiger partial charge in [0.1, 0.15) is 12.2 Å². The molecule has 1 fully saturated rings. The van der Waals surface area contributed by atoms with Gasteiger partial charge in [-0.3, -0.25) is 0 Å². The quantitative estimate of drug-likeness (QED) is 0.278. The lowest BCUT2D eigenvalue weighted by Crippen LogP contribution is -3.00. The third-order valence-electron chi connectivity index (χ3n) is 6.37. The van der Waals surface area contributed by atoms with Crippen molar-refractivity contribution in [2.24, 2.45) is 0 Å². The van der Waals surface area contributed by atoms with Crippen LogP contribution in [0.4, 0.5) is 0 Å². The van der Waals surface area contributed by atoms with Gasteiger partial charge in [0.15, 0.2) is 18.5 Å². The van der Waals surface area contributed by atoms with E-state index in [1.807, 2.05) is 30.6 Å². The van der Waals surface area contributed by atoms with Gasteiger partial charge in [0.05, 0.1) is 11.6 Å². The minimum absolute atomic E-state index is 0. The third kappa shape index (κ3) is 2.96. The number of aromatic amines is 1. The molecular weight excluding hydrogens is 448 g/mol. The van der Waals surface area contributed by atoms with Crippen LogP contribution in [0.3, 0.4) is 0 Å². The van der Waals surface area contributed by atoms with Gasteiger partial charge in [-0.25, -0.2) is 0 Å². The SMILES string of the molecule is Cc1c2cc[n+]([C@@H]3O[C@H](C)[C@H](O)[C@H](O)[C@H]3O)cc2c(C)c2c1[nH]c1ccccc12.[Br-]. The predicted molar refractivity (Wildman–Crippen MR) is 111 cm³/mol. The molecule has 30 heavy (non-hydrogen) atoms. The van der Waals surface area contributed by atoms with Crippen LogP contribution in [-0.2, 0) is 4.74 Å². The maximum atomic E-state index is 10.5. The number of aliphatic hydroxyl groups is 3. The molecule has 4 N–H and O–H groups in total. The van der Waals surface area contributed by atoms with Gasteiger partial charge in [-0.05, 0) is 43.4 Å². The summed E-state index contributed by atoms with van der Waals surface area (Å²) in [5.41, 5.74) is 4.55. The fraction of sp³-hybridized carbons (Fsp3) is 0.348. The summed E-state index contributed by atoms with van der Waals surface area (Å²) in [6.45, 7) is 5.91. The molecule has 0 spiro atoms. The van der Waals surface area contributed by atoms with Gasteiger partial charge in [0, 0.05) is 27.7 Å². The summed E-state index contributed by atoms with van der Waals surface area (Å²) in [7, 11) is 0. The fourth-order valence-corrected chi connectivity index (χ4v) is 4.65. The fourth-order valence-electron chi connectivity index (χ4n) is 4.65. The van der Waals surface area contributed by atoms with E-state index in [1.54, 1.807) is 11.5 Å². The molecule has 0 unspecified atom stereocenters. The zero-order chi connectivity index (χ0) is 20.4. The second-order valence-electron chi connectivity index (χ2n) is 8.09. The number of hydrogen-bond donors (Lipinski definition) is 4. The van der Waals surface area contributed by atoms with Crippen molar-refractivity contribution in [2.75, 3.05) is 0 Å². The summed E-state index contributed by atoms with van der Waals surface area (Å²) < 4.78 is 7.61. The van der Waals surface area contributed by atoms with Crippen molar-refractivity contribution in [2.45, 2.75) is 51.4 Å². The largest absolute Gasteiger partial charge is 1.00 e. The minimum atomic E-state index is -1.26. The number of aromatic nitrogens is 2. The molecule has 0 bridgehead atoms. The van der Waals surface area contributed by atoms with E-state index in [1.165, 1.54) is 10.8 Å². The van der Waals surface area contributed by atoms with E-state index in [0.29, 0.717) is 0 Å². The molecule has 0 aliphatic carbocycles. The molecular formula is C23H25BrN2O4. The smallest absolute Gasteiger partial charge is 0.291 e. The van der Waals surface area contributed by atoms with Crippen LogP contribution in [0.15, 0.2) is 42.7 Å². The van der Waals surface area contributed by atoms with Crippen molar-refractivity contribution in [3.63, 3.8) is 0 Å². The topological polar surface area (TPSA) is 89.6 Å². The van der Waals surface area contributed by atoms with Crippen molar-refractivity contribution in [1.82, 2.24) is 4.98 Å². The average molecular weight is 473 g/mol. The lowest BCUT2D eigenvalue weighted by Gasteiger charge is -2.36. The monoisotopic (exact) mass is 472 g/mol. The summed E-state index contributed by atoms with van der Waals surface area (Å²) in [5.74, 6) is 0. The Morgan fingerprint density at radius 2 is 1.63 bits per heavy atom. The molecule has 5 rings (SSSR count). The molecule has 0 amide bonds. The molecule has 2 aromatic carbocycles. The number of fused-ring (bicyclic) bond motifs is 4. The van der Waals surface area contributed by atoms with E-state index in [0.717, 1.165) is 32.9 Å². The van der Waals surface area contributed by atoms with Crippen LogP contribution < -0.4 is 21.5 Å². The van der Waals surface area contributed by atoms with Crippen molar-refractivity contribution in [3.8, 4) is 0 Å². The lowest BCUT2D eigenvalue weighted by atomic mass is 9.96. The highest BCUT2D eigenvalue weighted by atomic mass is 79.9. The van der Waals surface area contributed by atoms with Crippen LogP contribution >= 0.6 is 0 Å². The average Bonchev–Trinajstić information content (AvgIpc) is 3.13. The predicted octanol–water partition coefficient (Wildman–Crippen LogP) is -0.617. The van der Waals surface area contributed by atoms with Crippen molar-refractivity contribution < 1.29 is 41.6 Å². The number of nitrogens with one attached hydrogen (secondary N) is 1. The Labute approximate surface area is 184 Å². The van der Waals surface area contributed by atoms with Crippen LogP contribution in [0.5, 0.6) is 0 Å². The van der Waals surface area contributed by atoms with Gasteiger partial charge >= 0.3 is 0 Å². The van der Waals surface area contributed by atoms with Gasteiger partial charge in [-0.1, -0.05) is 18.2 Å². The van der Waals surface area contributed by atoms with E-state index in [2.05, 4.69) is 31.0 Å².